The van der Waals surface area contributed by atoms with Crippen LogP contribution in [0.4, 0.5) is 14.6 Å². The molecule has 3 aromatic rings. The lowest BCUT2D eigenvalue weighted by atomic mass is 9.94. The number of hydrogen-bond acceptors (Lipinski definition) is 5. The Balaban J connectivity index is 1.34. The normalized spacial score (nSPS) is 17.9. The Labute approximate surface area is 190 Å². The van der Waals surface area contributed by atoms with E-state index in [9.17, 15) is 17.8 Å². The molecule has 1 amide bonds. The second-order valence-electron chi connectivity index (χ2n) is 7.77. The molecule has 33 heavy (non-hydrogen) atoms. The second kappa shape index (κ2) is 7.89. The molecule has 2 aromatic carbocycles. The van der Waals surface area contributed by atoms with Crippen LogP contribution in [-0.4, -0.2) is 28.4 Å². The molecule has 1 aliphatic carbocycles. The third kappa shape index (κ3) is 4.07. The highest BCUT2D eigenvalue weighted by Crippen LogP contribution is 2.52. The monoisotopic (exact) mass is 471 g/mol. The summed E-state index contributed by atoms with van der Waals surface area (Å²) in [5.41, 5.74) is 1.21. The zero-order chi connectivity index (χ0) is 23.2. The zero-order valence-electron chi connectivity index (χ0n) is 17.4. The summed E-state index contributed by atoms with van der Waals surface area (Å²) in [6.07, 6.45) is -2.54. The molecule has 170 valence electrons. The van der Waals surface area contributed by atoms with E-state index in [-0.39, 0.29) is 17.4 Å². The fourth-order valence-electron chi connectivity index (χ4n) is 3.79. The molecule has 0 spiro atoms. The maximum atomic E-state index is 13.3. The lowest BCUT2D eigenvalue weighted by Gasteiger charge is -2.16. The van der Waals surface area contributed by atoms with Crippen LogP contribution < -0.4 is 19.5 Å². The van der Waals surface area contributed by atoms with E-state index >= 15 is 0 Å². The Morgan fingerprint density at radius 1 is 1.03 bits per heavy atom. The first-order chi connectivity index (χ1) is 15.8. The van der Waals surface area contributed by atoms with Gasteiger partial charge in [0.05, 0.1) is 16.0 Å². The number of carbonyl (C=O) groups excluding carboxylic acids is 1. The molecule has 2 heterocycles. The first kappa shape index (κ1) is 21.5. The van der Waals surface area contributed by atoms with Gasteiger partial charge in [0.1, 0.15) is 16.8 Å². The fourth-order valence-corrected chi connectivity index (χ4v) is 4.41. The summed E-state index contributed by atoms with van der Waals surface area (Å²) in [5.74, 6) is -0.0327. The quantitative estimate of drug-likeness (QED) is 0.568. The molecular weight excluding hydrogens is 452 g/mol. The molecule has 10 heteroatoms. The number of amides is 1. The van der Waals surface area contributed by atoms with E-state index < -0.39 is 22.7 Å². The number of halogens is 2. The summed E-state index contributed by atoms with van der Waals surface area (Å²) in [6.45, 7) is 0. The molecule has 0 saturated heterocycles. The molecule has 0 radical (unpaired) electrons. The van der Waals surface area contributed by atoms with Crippen LogP contribution in [0.5, 0.6) is 11.5 Å². The van der Waals surface area contributed by atoms with Crippen LogP contribution in [0.3, 0.4) is 0 Å². The van der Waals surface area contributed by atoms with E-state index in [2.05, 4.69) is 24.5 Å². The van der Waals surface area contributed by atoms with Gasteiger partial charge in [-0.2, -0.15) is 0 Å². The number of ether oxygens (including phenoxy) is 2. The van der Waals surface area contributed by atoms with Gasteiger partial charge in [-0.25, -0.2) is 13.9 Å². The van der Waals surface area contributed by atoms with Crippen LogP contribution in [0.15, 0.2) is 65.6 Å². The third-order valence-corrected chi connectivity index (χ3v) is 6.75. The lowest BCUT2D eigenvalue weighted by molar-refractivity contribution is -0.286. The molecule has 7 nitrogen and oxygen atoms in total. The van der Waals surface area contributed by atoms with Crippen molar-refractivity contribution in [1.82, 2.24) is 9.71 Å². The van der Waals surface area contributed by atoms with Gasteiger partial charge in [0.25, 0.3) is 0 Å². The molecule has 2 N–H and O–H groups in total. The van der Waals surface area contributed by atoms with Gasteiger partial charge in [-0.05, 0) is 61.9 Å². The van der Waals surface area contributed by atoms with Crippen LogP contribution in [0.1, 0.15) is 18.4 Å². The van der Waals surface area contributed by atoms with Crippen molar-refractivity contribution in [3.05, 3.63) is 66.2 Å². The molecule has 1 aliphatic heterocycles. The Morgan fingerprint density at radius 2 is 1.76 bits per heavy atom. The highest BCUT2D eigenvalue weighted by atomic mass is 32.2. The van der Waals surface area contributed by atoms with Crippen molar-refractivity contribution in [3.8, 4) is 22.8 Å². The standard InChI is InChI=1S/C23H19F2N3O4S/c1-26-33(30)16-8-5-14(6-9-16)17-3-2-4-20(27-17)28-21(29)22(11-12-22)15-7-10-18-19(13-15)32-23(24,25)31-18/h2-10,13,26H,11-12H2,1H3,(H,27,28,29). The number of carbonyl (C=O) groups is 1. The largest absolute Gasteiger partial charge is 0.586 e. The van der Waals surface area contributed by atoms with Gasteiger partial charge < -0.3 is 14.8 Å². The summed E-state index contributed by atoms with van der Waals surface area (Å²) in [6, 6.07) is 16.8. The van der Waals surface area contributed by atoms with Crippen molar-refractivity contribution in [1.29, 1.82) is 0 Å². The summed E-state index contributed by atoms with van der Waals surface area (Å²) in [7, 11) is 0.335. The lowest BCUT2D eigenvalue weighted by Crippen LogP contribution is -2.28. The Bertz CT molecular complexity index is 1260. The topological polar surface area (TPSA) is 89.6 Å². The van der Waals surface area contributed by atoms with Crippen LogP contribution in [0.2, 0.25) is 0 Å². The number of fused-ring (bicyclic) bond motifs is 1. The first-order valence-corrected chi connectivity index (χ1v) is 11.3. The first-order valence-electron chi connectivity index (χ1n) is 10.2. The molecular formula is C23H19F2N3O4S. The molecule has 1 saturated carbocycles. The highest BCUT2D eigenvalue weighted by molar-refractivity contribution is 7.83. The summed E-state index contributed by atoms with van der Waals surface area (Å²) >= 11 is 0. The van der Waals surface area contributed by atoms with Crippen LogP contribution in [-0.2, 0) is 21.2 Å². The Hall–Kier alpha value is -3.37. The number of nitrogens with zero attached hydrogens (tertiary/aromatic N) is 1. The van der Waals surface area contributed by atoms with Gasteiger partial charge in [-0.3, -0.25) is 4.79 Å². The van der Waals surface area contributed by atoms with Crippen molar-refractivity contribution in [2.75, 3.05) is 12.4 Å². The Kier molecular flexibility index (Phi) is 5.13. The number of pyridine rings is 1. The zero-order valence-corrected chi connectivity index (χ0v) is 18.2. The van der Waals surface area contributed by atoms with Gasteiger partial charge in [-0.15, -0.1) is 8.78 Å². The molecule has 5 rings (SSSR count). The highest BCUT2D eigenvalue weighted by Gasteiger charge is 2.52. The van der Waals surface area contributed by atoms with Crippen LogP contribution in [0, 0.1) is 0 Å². The molecule has 0 bridgehead atoms. The van der Waals surface area contributed by atoms with Crippen molar-refractivity contribution in [2.24, 2.45) is 0 Å². The second-order valence-corrected chi connectivity index (χ2v) is 9.19. The van der Waals surface area contributed by atoms with Gasteiger partial charge in [0, 0.05) is 5.56 Å². The number of anilines is 1. The van der Waals surface area contributed by atoms with E-state index in [0.717, 1.165) is 5.56 Å². The molecule has 1 unspecified atom stereocenters. The summed E-state index contributed by atoms with van der Waals surface area (Å²) < 4.78 is 50.1. The maximum Gasteiger partial charge on any atom is 0.586 e. The van der Waals surface area contributed by atoms with Gasteiger partial charge in [-0.1, -0.05) is 24.3 Å². The average Bonchev–Trinajstić information content (AvgIpc) is 3.56. The molecule has 1 atom stereocenters. The SMILES string of the molecule is CNS(=O)c1ccc(-c2cccc(NC(=O)C3(c4ccc5c(c4)OC(F)(F)O5)CC3)n2)cc1. The minimum absolute atomic E-state index is 0.0566. The van der Waals surface area contributed by atoms with E-state index in [0.29, 0.717) is 34.8 Å². The Morgan fingerprint density at radius 3 is 2.45 bits per heavy atom. The van der Waals surface area contributed by atoms with E-state index in [4.69, 9.17) is 0 Å². The molecule has 1 aromatic heterocycles. The van der Waals surface area contributed by atoms with Crippen molar-refractivity contribution < 1.29 is 27.3 Å². The predicted molar refractivity (Wildman–Crippen MR) is 117 cm³/mol. The number of rotatable bonds is 6. The fraction of sp³-hybridized carbons (Fsp3) is 0.217. The number of nitrogens with one attached hydrogen (secondary N) is 2. The number of benzene rings is 2. The van der Waals surface area contributed by atoms with Crippen LogP contribution >= 0.6 is 0 Å². The third-order valence-electron chi connectivity index (χ3n) is 5.68. The van der Waals surface area contributed by atoms with E-state index in [1.807, 2.05) is 18.2 Å². The molecule has 1 fully saturated rings. The maximum absolute atomic E-state index is 13.3. The van der Waals surface area contributed by atoms with E-state index in [1.54, 1.807) is 37.4 Å². The molecule has 2 aliphatic rings. The average molecular weight is 471 g/mol. The van der Waals surface area contributed by atoms with Crippen LogP contribution in [0.25, 0.3) is 11.3 Å². The number of hydrogen-bond donors (Lipinski definition) is 2. The summed E-state index contributed by atoms with van der Waals surface area (Å²) in [4.78, 5) is 18.3. The van der Waals surface area contributed by atoms with E-state index in [1.165, 1.54) is 12.1 Å². The van der Waals surface area contributed by atoms with Crippen molar-refractivity contribution in [2.45, 2.75) is 29.4 Å². The van der Waals surface area contributed by atoms with Gasteiger partial charge in [0.2, 0.25) is 5.91 Å². The summed E-state index contributed by atoms with van der Waals surface area (Å²) in [5, 5.41) is 2.85. The number of alkyl halides is 2. The van der Waals surface area contributed by atoms with Crippen molar-refractivity contribution >= 4 is 22.7 Å². The minimum Gasteiger partial charge on any atom is -0.395 e. The van der Waals surface area contributed by atoms with Crippen molar-refractivity contribution in [3.63, 3.8) is 0 Å². The minimum atomic E-state index is -3.70. The smallest absolute Gasteiger partial charge is 0.395 e. The van der Waals surface area contributed by atoms with Gasteiger partial charge >= 0.3 is 6.29 Å². The number of aromatic nitrogens is 1. The van der Waals surface area contributed by atoms with Gasteiger partial charge in [0.15, 0.2) is 11.5 Å². The predicted octanol–water partition coefficient (Wildman–Crippen LogP) is 3.98.